The lowest BCUT2D eigenvalue weighted by Gasteiger charge is -2.32. The van der Waals surface area contributed by atoms with Crippen LogP contribution in [-0.4, -0.2) is 43.7 Å². The van der Waals surface area contributed by atoms with Crippen LogP contribution >= 0.6 is 23.2 Å². The summed E-state index contributed by atoms with van der Waals surface area (Å²) in [5.41, 5.74) is 1.10. The molecule has 100 valence electrons. The van der Waals surface area contributed by atoms with Crippen LogP contribution in [0.4, 0.5) is 0 Å². The summed E-state index contributed by atoms with van der Waals surface area (Å²) in [6, 6.07) is 5.69. The Morgan fingerprint density at radius 3 is 3.06 bits per heavy atom. The van der Waals surface area contributed by atoms with Crippen LogP contribution in [-0.2, 0) is 11.3 Å². The molecule has 1 atom stereocenters. The molecule has 0 amide bonds. The van der Waals surface area contributed by atoms with Gasteiger partial charge < -0.3 is 9.47 Å². The number of rotatable bonds is 4. The van der Waals surface area contributed by atoms with Crippen molar-refractivity contribution in [2.45, 2.75) is 12.6 Å². The van der Waals surface area contributed by atoms with Gasteiger partial charge in [0.2, 0.25) is 0 Å². The summed E-state index contributed by atoms with van der Waals surface area (Å²) in [5.74, 6) is 1.40. The molecule has 2 rings (SSSR count). The molecule has 0 bridgehead atoms. The van der Waals surface area contributed by atoms with Crippen LogP contribution in [0.25, 0.3) is 0 Å². The van der Waals surface area contributed by atoms with Crippen molar-refractivity contribution in [2.24, 2.45) is 0 Å². The quantitative estimate of drug-likeness (QED) is 0.796. The normalized spacial score (nSPS) is 20.9. The predicted octanol–water partition coefficient (Wildman–Crippen LogP) is 2.79. The van der Waals surface area contributed by atoms with Crippen molar-refractivity contribution in [2.75, 3.05) is 32.7 Å². The Labute approximate surface area is 118 Å². The van der Waals surface area contributed by atoms with E-state index >= 15 is 0 Å². The van der Waals surface area contributed by atoms with Gasteiger partial charge in [0.1, 0.15) is 5.75 Å². The summed E-state index contributed by atoms with van der Waals surface area (Å²) in [6.45, 7) is 3.28. The number of alkyl halides is 1. The highest BCUT2D eigenvalue weighted by atomic mass is 35.5. The van der Waals surface area contributed by atoms with Crippen molar-refractivity contribution < 1.29 is 9.47 Å². The van der Waals surface area contributed by atoms with E-state index in [-0.39, 0.29) is 6.10 Å². The number of halogens is 2. The van der Waals surface area contributed by atoms with Crippen molar-refractivity contribution in [3.63, 3.8) is 0 Å². The minimum atomic E-state index is 0.116. The van der Waals surface area contributed by atoms with Crippen LogP contribution in [0.2, 0.25) is 5.02 Å². The van der Waals surface area contributed by atoms with Crippen LogP contribution in [0, 0.1) is 0 Å². The first kappa shape index (κ1) is 13.9. The average Bonchev–Trinajstić information content (AvgIpc) is 2.39. The molecule has 1 fully saturated rings. The molecule has 1 saturated heterocycles. The van der Waals surface area contributed by atoms with Crippen LogP contribution in [0.1, 0.15) is 5.56 Å². The largest absolute Gasteiger partial charge is 0.496 e. The summed E-state index contributed by atoms with van der Waals surface area (Å²) in [4.78, 5) is 2.31. The molecule has 1 unspecified atom stereocenters. The minimum Gasteiger partial charge on any atom is -0.496 e. The first-order valence-electron chi connectivity index (χ1n) is 5.95. The van der Waals surface area contributed by atoms with Gasteiger partial charge in [-0.2, -0.15) is 0 Å². The Bertz CT molecular complexity index is 401. The summed E-state index contributed by atoms with van der Waals surface area (Å²) in [5, 5.41) is 0.730. The Morgan fingerprint density at radius 2 is 2.33 bits per heavy atom. The molecule has 0 radical (unpaired) electrons. The Kier molecular flexibility index (Phi) is 5.13. The van der Waals surface area contributed by atoms with Gasteiger partial charge in [-0.1, -0.05) is 11.6 Å². The third-order valence-corrected chi connectivity index (χ3v) is 3.61. The molecule has 1 aromatic rings. The van der Waals surface area contributed by atoms with Crippen molar-refractivity contribution in [1.82, 2.24) is 4.90 Å². The second-order valence-corrected chi connectivity index (χ2v) is 5.08. The molecule has 0 saturated carbocycles. The molecule has 1 aliphatic rings. The number of hydrogen-bond donors (Lipinski definition) is 0. The molecule has 1 heterocycles. The van der Waals surface area contributed by atoms with E-state index < -0.39 is 0 Å². The molecule has 0 aromatic heterocycles. The second kappa shape index (κ2) is 6.62. The summed E-state index contributed by atoms with van der Waals surface area (Å²) >= 11 is 11.9. The average molecular weight is 290 g/mol. The number of benzene rings is 1. The molecule has 0 aliphatic carbocycles. The standard InChI is InChI=1S/C13H17Cl2NO2/c1-17-13-3-2-11(15)6-10(13)8-16-4-5-18-12(7-14)9-16/h2-3,6,12H,4-5,7-9H2,1H3. The second-order valence-electron chi connectivity index (χ2n) is 4.34. The van der Waals surface area contributed by atoms with E-state index in [4.69, 9.17) is 32.7 Å². The van der Waals surface area contributed by atoms with Gasteiger partial charge in [0.15, 0.2) is 0 Å². The van der Waals surface area contributed by atoms with Crippen molar-refractivity contribution in [3.05, 3.63) is 28.8 Å². The summed E-state index contributed by atoms with van der Waals surface area (Å²) < 4.78 is 10.9. The highest BCUT2D eigenvalue weighted by Gasteiger charge is 2.20. The van der Waals surface area contributed by atoms with Gasteiger partial charge in [0, 0.05) is 36.1 Å². The van der Waals surface area contributed by atoms with Gasteiger partial charge in [0.05, 0.1) is 19.8 Å². The van der Waals surface area contributed by atoms with E-state index in [2.05, 4.69) is 4.90 Å². The lowest BCUT2D eigenvalue weighted by molar-refractivity contribution is -0.0195. The molecule has 5 heteroatoms. The Morgan fingerprint density at radius 1 is 1.50 bits per heavy atom. The van der Waals surface area contributed by atoms with Crippen molar-refractivity contribution in [1.29, 1.82) is 0 Å². The number of methoxy groups -OCH3 is 1. The Hall–Kier alpha value is -0.480. The highest BCUT2D eigenvalue weighted by Crippen LogP contribution is 2.24. The Balaban J connectivity index is 2.06. The molecule has 18 heavy (non-hydrogen) atoms. The zero-order chi connectivity index (χ0) is 13.0. The number of hydrogen-bond acceptors (Lipinski definition) is 3. The van der Waals surface area contributed by atoms with Gasteiger partial charge in [0.25, 0.3) is 0 Å². The molecule has 0 N–H and O–H groups in total. The molecule has 1 aliphatic heterocycles. The van der Waals surface area contributed by atoms with Gasteiger partial charge in [-0.25, -0.2) is 0 Å². The van der Waals surface area contributed by atoms with Gasteiger partial charge in [-0.15, -0.1) is 11.6 Å². The SMILES string of the molecule is COc1ccc(Cl)cc1CN1CCOC(CCl)C1. The predicted molar refractivity (Wildman–Crippen MR) is 73.7 cm³/mol. The third-order valence-electron chi connectivity index (χ3n) is 3.03. The first-order chi connectivity index (χ1) is 8.72. The fraction of sp³-hybridized carbons (Fsp3) is 0.538. The molecule has 3 nitrogen and oxygen atoms in total. The van der Waals surface area contributed by atoms with Crippen LogP contribution in [0.15, 0.2) is 18.2 Å². The van der Waals surface area contributed by atoms with Crippen LogP contribution in [0.5, 0.6) is 5.75 Å². The maximum Gasteiger partial charge on any atom is 0.123 e. The molecule has 1 aromatic carbocycles. The van der Waals surface area contributed by atoms with E-state index in [9.17, 15) is 0 Å². The lowest BCUT2D eigenvalue weighted by Crippen LogP contribution is -2.42. The van der Waals surface area contributed by atoms with E-state index in [0.29, 0.717) is 5.88 Å². The first-order valence-corrected chi connectivity index (χ1v) is 6.86. The maximum atomic E-state index is 6.03. The van der Waals surface area contributed by atoms with Gasteiger partial charge >= 0.3 is 0 Å². The fourth-order valence-electron chi connectivity index (χ4n) is 2.13. The molecular formula is C13H17Cl2NO2. The van der Waals surface area contributed by atoms with E-state index in [1.807, 2.05) is 18.2 Å². The van der Waals surface area contributed by atoms with Crippen molar-refractivity contribution in [3.8, 4) is 5.75 Å². The zero-order valence-electron chi connectivity index (χ0n) is 10.4. The van der Waals surface area contributed by atoms with E-state index in [1.165, 1.54) is 0 Å². The number of morpholine rings is 1. The number of nitrogens with zero attached hydrogens (tertiary/aromatic N) is 1. The third kappa shape index (κ3) is 3.51. The molecular weight excluding hydrogens is 273 g/mol. The van der Waals surface area contributed by atoms with Gasteiger partial charge in [-0.3, -0.25) is 4.90 Å². The highest BCUT2D eigenvalue weighted by molar-refractivity contribution is 6.30. The number of ether oxygens (including phenoxy) is 2. The maximum absolute atomic E-state index is 6.03. The van der Waals surface area contributed by atoms with Crippen molar-refractivity contribution >= 4 is 23.2 Å². The summed E-state index contributed by atoms with van der Waals surface area (Å²) in [7, 11) is 1.67. The van der Waals surface area contributed by atoms with E-state index in [1.54, 1.807) is 7.11 Å². The lowest BCUT2D eigenvalue weighted by atomic mass is 10.1. The molecule has 0 spiro atoms. The van der Waals surface area contributed by atoms with Crippen LogP contribution < -0.4 is 4.74 Å². The summed E-state index contributed by atoms with van der Waals surface area (Å²) in [6.07, 6.45) is 0.116. The monoisotopic (exact) mass is 289 g/mol. The fourth-order valence-corrected chi connectivity index (χ4v) is 2.51. The zero-order valence-corrected chi connectivity index (χ0v) is 11.9. The van der Waals surface area contributed by atoms with Crippen LogP contribution in [0.3, 0.4) is 0 Å². The minimum absolute atomic E-state index is 0.116. The van der Waals surface area contributed by atoms with E-state index in [0.717, 1.165) is 42.6 Å². The van der Waals surface area contributed by atoms with Gasteiger partial charge in [-0.05, 0) is 18.2 Å². The smallest absolute Gasteiger partial charge is 0.123 e. The topological polar surface area (TPSA) is 21.7 Å².